The van der Waals surface area contributed by atoms with Crippen LogP contribution >= 0.6 is 0 Å². The molecule has 0 spiro atoms. The van der Waals surface area contributed by atoms with Crippen LogP contribution in [-0.4, -0.2) is 17.6 Å². The Bertz CT molecular complexity index is 511. The molecule has 3 nitrogen and oxygen atoms in total. The minimum Gasteiger partial charge on any atom is -0.478 e. The molecule has 1 aromatic rings. The molecule has 2 rings (SSSR count). The van der Waals surface area contributed by atoms with Crippen LogP contribution in [0.4, 0.5) is 5.69 Å². The molecular formula is C18H23NO2. The van der Waals surface area contributed by atoms with Gasteiger partial charge in [0, 0.05) is 18.3 Å². The molecule has 0 bridgehead atoms. The zero-order chi connectivity index (χ0) is 15.1. The predicted octanol–water partition coefficient (Wildman–Crippen LogP) is 4.33. The van der Waals surface area contributed by atoms with Crippen LogP contribution in [0.5, 0.6) is 0 Å². The van der Waals surface area contributed by atoms with Gasteiger partial charge >= 0.3 is 5.97 Å². The monoisotopic (exact) mass is 285 g/mol. The second-order valence-electron chi connectivity index (χ2n) is 5.64. The number of carboxylic acid groups (broad SMARTS) is 1. The Labute approximate surface area is 126 Å². The topological polar surface area (TPSA) is 49.3 Å². The van der Waals surface area contributed by atoms with E-state index in [1.165, 1.54) is 37.7 Å². The van der Waals surface area contributed by atoms with Gasteiger partial charge in [-0.1, -0.05) is 43.5 Å². The molecule has 0 unspecified atom stereocenters. The van der Waals surface area contributed by atoms with Crippen LogP contribution in [-0.2, 0) is 4.79 Å². The third-order valence-electron chi connectivity index (χ3n) is 4.03. The summed E-state index contributed by atoms with van der Waals surface area (Å²) in [6, 6.07) is 7.75. The second kappa shape index (κ2) is 7.67. The molecular weight excluding hydrogens is 262 g/mol. The summed E-state index contributed by atoms with van der Waals surface area (Å²) in [4.78, 5) is 10.5. The quantitative estimate of drug-likeness (QED) is 0.604. The molecule has 1 aliphatic carbocycles. The van der Waals surface area contributed by atoms with Gasteiger partial charge in [-0.05, 0) is 42.5 Å². The molecule has 3 heteroatoms. The molecule has 0 atom stereocenters. The molecule has 1 aliphatic rings. The van der Waals surface area contributed by atoms with Crippen molar-refractivity contribution in [1.82, 2.24) is 0 Å². The fourth-order valence-electron chi connectivity index (χ4n) is 2.75. The third-order valence-corrected chi connectivity index (χ3v) is 4.03. The van der Waals surface area contributed by atoms with Crippen molar-refractivity contribution in [3.05, 3.63) is 48.1 Å². The number of nitrogens with one attached hydrogen (secondary N) is 1. The molecule has 0 aliphatic heterocycles. The maximum atomic E-state index is 10.5. The first-order valence-corrected chi connectivity index (χ1v) is 7.58. The molecule has 21 heavy (non-hydrogen) atoms. The maximum Gasteiger partial charge on any atom is 0.328 e. The van der Waals surface area contributed by atoms with Crippen molar-refractivity contribution in [2.75, 3.05) is 11.9 Å². The van der Waals surface area contributed by atoms with E-state index in [2.05, 4.69) is 11.9 Å². The first kappa shape index (κ1) is 15.4. The Balaban J connectivity index is 1.83. The van der Waals surface area contributed by atoms with Crippen LogP contribution in [0.15, 0.2) is 42.5 Å². The number of benzene rings is 1. The largest absolute Gasteiger partial charge is 0.478 e. The Morgan fingerprint density at radius 3 is 2.52 bits per heavy atom. The van der Waals surface area contributed by atoms with Crippen molar-refractivity contribution in [1.29, 1.82) is 0 Å². The number of aliphatic carboxylic acids is 1. The number of anilines is 1. The highest BCUT2D eigenvalue weighted by Crippen LogP contribution is 2.28. The number of hydrogen-bond acceptors (Lipinski definition) is 2. The summed E-state index contributed by atoms with van der Waals surface area (Å²) in [6.45, 7) is 5.04. The summed E-state index contributed by atoms with van der Waals surface area (Å²) in [5.41, 5.74) is 3.22. The van der Waals surface area contributed by atoms with Gasteiger partial charge in [-0.2, -0.15) is 0 Å². The first-order valence-electron chi connectivity index (χ1n) is 7.58. The van der Waals surface area contributed by atoms with E-state index in [1.54, 1.807) is 6.08 Å². The highest BCUT2D eigenvalue weighted by molar-refractivity contribution is 5.85. The van der Waals surface area contributed by atoms with Gasteiger partial charge < -0.3 is 10.4 Å². The van der Waals surface area contributed by atoms with Gasteiger partial charge in [-0.3, -0.25) is 0 Å². The van der Waals surface area contributed by atoms with Gasteiger partial charge in [0.2, 0.25) is 0 Å². The van der Waals surface area contributed by atoms with Crippen molar-refractivity contribution >= 4 is 17.7 Å². The molecule has 1 aromatic carbocycles. The van der Waals surface area contributed by atoms with E-state index in [9.17, 15) is 4.79 Å². The zero-order valence-electron chi connectivity index (χ0n) is 12.3. The summed E-state index contributed by atoms with van der Waals surface area (Å²) in [6.07, 6.45) is 9.31. The fraction of sp³-hybridized carbons (Fsp3) is 0.389. The van der Waals surface area contributed by atoms with Crippen molar-refractivity contribution in [2.24, 2.45) is 5.92 Å². The van der Waals surface area contributed by atoms with E-state index < -0.39 is 5.97 Å². The third kappa shape index (κ3) is 5.10. The summed E-state index contributed by atoms with van der Waals surface area (Å²) in [5, 5.41) is 12.0. The Morgan fingerprint density at radius 2 is 1.90 bits per heavy atom. The molecule has 0 amide bonds. The van der Waals surface area contributed by atoms with E-state index in [-0.39, 0.29) is 0 Å². The van der Waals surface area contributed by atoms with E-state index in [1.807, 2.05) is 24.3 Å². The van der Waals surface area contributed by atoms with E-state index in [0.29, 0.717) is 5.92 Å². The van der Waals surface area contributed by atoms with Gasteiger partial charge in [0.1, 0.15) is 0 Å². The summed E-state index contributed by atoms with van der Waals surface area (Å²) in [5.74, 6) is -0.259. The van der Waals surface area contributed by atoms with Crippen LogP contribution in [0.25, 0.3) is 6.08 Å². The minimum atomic E-state index is -0.930. The zero-order valence-corrected chi connectivity index (χ0v) is 12.3. The summed E-state index contributed by atoms with van der Waals surface area (Å²) >= 11 is 0. The second-order valence-corrected chi connectivity index (χ2v) is 5.64. The van der Waals surface area contributed by atoms with E-state index >= 15 is 0 Å². The average Bonchev–Trinajstić information content (AvgIpc) is 2.52. The lowest BCUT2D eigenvalue weighted by atomic mass is 9.84. The SMILES string of the molecule is C=C(CNc1ccc(C=CC(=O)O)cc1)C1CCCCC1. The van der Waals surface area contributed by atoms with Gasteiger partial charge in [-0.25, -0.2) is 4.79 Å². The van der Waals surface area contributed by atoms with Gasteiger partial charge in [-0.15, -0.1) is 0 Å². The average molecular weight is 285 g/mol. The molecule has 2 N–H and O–H groups in total. The molecule has 0 radical (unpaired) electrons. The van der Waals surface area contributed by atoms with Crippen LogP contribution in [0.3, 0.4) is 0 Å². The number of carbonyl (C=O) groups is 1. The Morgan fingerprint density at radius 1 is 1.24 bits per heavy atom. The van der Waals surface area contributed by atoms with E-state index in [4.69, 9.17) is 5.11 Å². The van der Waals surface area contributed by atoms with Crippen molar-refractivity contribution in [3.63, 3.8) is 0 Å². The summed E-state index contributed by atoms with van der Waals surface area (Å²) < 4.78 is 0. The maximum absolute atomic E-state index is 10.5. The van der Waals surface area contributed by atoms with Crippen LogP contribution in [0.2, 0.25) is 0 Å². The molecule has 0 heterocycles. The highest BCUT2D eigenvalue weighted by Gasteiger charge is 2.15. The number of hydrogen-bond donors (Lipinski definition) is 2. The van der Waals surface area contributed by atoms with Crippen LogP contribution < -0.4 is 5.32 Å². The summed E-state index contributed by atoms with van der Waals surface area (Å²) in [7, 11) is 0. The predicted molar refractivity (Wildman–Crippen MR) is 87.3 cm³/mol. The number of carboxylic acids is 1. The Kier molecular flexibility index (Phi) is 5.61. The van der Waals surface area contributed by atoms with Gasteiger partial charge in [0.05, 0.1) is 0 Å². The van der Waals surface area contributed by atoms with E-state index in [0.717, 1.165) is 23.9 Å². The fourth-order valence-corrected chi connectivity index (χ4v) is 2.75. The molecule has 0 saturated heterocycles. The van der Waals surface area contributed by atoms with Crippen molar-refractivity contribution < 1.29 is 9.90 Å². The minimum absolute atomic E-state index is 0.670. The lowest BCUT2D eigenvalue weighted by molar-refractivity contribution is -0.131. The molecule has 0 aromatic heterocycles. The van der Waals surface area contributed by atoms with Crippen molar-refractivity contribution in [3.8, 4) is 0 Å². The first-order chi connectivity index (χ1) is 10.1. The molecule has 1 fully saturated rings. The smallest absolute Gasteiger partial charge is 0.328 e. The van der Waals surface area contributed by atoms with Gasteiger partial charge in [0.15, 0.2) is 0 Å². The standard InChI is InChI=1S/C18H23NO2/c1-14(16-5-3-2-4-6-16)13-19-17-10-7-15(8-11-17)9-12-18(20)21/h7-12,16,19H,1-6,13H2,(H,20,21). The lowest BCUT2D eigenvalue weighted by Crippen LogP contribution is -2.15. The highest BCUT2D eigenvalue weighted by atomic mass is 16.4. The Hall–Kier alpha value is -2.03. The molecule has 1 saturated carbocycles. The number of rotatable bonds is 6. The molecule has 112 valence electrons. The lowest BCUT2D eigenvalue weighted by Gasteiger charge is -2.24. The normalized spacial score (nSPS) is 16.0. The van der Waals surface area contributed by atoms with Crippen LogP contribution in [0, 0.1) is 5.92 Å². The van der Waals surface area contributed by atoms with Crippen molar-refractivity contribution in [2.45, 2.75) is 32.1 Å². The van der Waals surface area contributed by atoms with Gasteiger partial charge in [0.25, 0.3) is 0 Å². The van der Waals surface area contributed by atoms with Crippen LogP contribution in [0.1, 0.15) is 37.7 Å².